The quantitative estimate of drug-likeness (QED) is 0.531. The molecule has 0 fully saturated rings. The van der Waals surface area contributed by atoms with Crippen LogP contribution in [0.5, 0.6) is 0 Å². The highest BCUT2D eigenvalue weighted by molar-refractivity contribution is 4.64. The molecule has 0 bridgehead atoms. The summed E-state index contributed by atoms with van der Waals surface area (Å²) >= 11 is 0. The van der Waals surface area contributed by atoms with E-state index in [4.69, 9.17) is 0 Å². The van der Waals surface area contributed by atoms with Crippen LogP contribution in [0.1, 0.15) is 72.1 Å². The van der Waals surface area contributed by atoms with Crippen molar-refractivity contribution in [3.8, 4) is 0 Å². The zero-order valence-electron chi connectivity index (χ0n) is 11.3. The van der Waals surface area contributed by atoms with Gasteiger partial charge >= 0.3 is 0 Å². The Kier molecular flexibility index (Phi) is 10.4. The van der Waals surface area contributed by atoms with Gasteiger partial charge in [0.2, 0.25) is 0 Å². The van der Waals surface area contributed by atoms with Gasteiger partial charge in [-0.15, -0.1) is 0 Å². The Morgan fingerprint density at radius 2 is 1.67 bits per heavy atom. The average Bonchev–Trinajstić information content (AvgIpc) is 2.26. The minimum atomic E-state index is 0.739. The molecule has 0 aromatic carbocycles. The molecule has 0 aliphatic rings. The average molecular weight is 213 g/mol. The van der Waals surface area contributed by atoms with Crippen molar-refractivity contribution in [3.05, 3.63) is 0 Å². The van der Waals surface area contributed by atoms with E-state index in [0.717, 1.165) is 12.0 Å². The monoisotopic (exact) mass is 213 g/mol. The summed E-state index contributed by atoms with van der Waals surface area (Å²) in [5.74, 6) is 0.921. The molecule has 0 saturated carbocycles. The van der Waals surface area contributed by atoms with Gasteiger partial charge in [0.1, 0.15) is 0 Å². The Bertz CT molecular complexity index is 119. The van der Waals surface area contributed by atoms with E-state index < -0.39 is 0 Å². The van der Waals surface area contributed by atoms with Crippen LogP contribution in [0.15, 0.2) is 0 Å². The van der Waals surface area contributed by atoms with Crippen LogP contribution in [0.3, 0.4) is 0 Å². The van der Waals surface area contributed by atoms with E-state index in [9.17, 15) is 0 Å². The van der Waals surface area contributed by atoms with Gasteiger partial charge in [0.25, 0.3) is 0 Å². The van der Waals surface area contributed by atoms with Crippen LogP contribution < -0.4 is 5.32 Å². The van der Waals surface area contributed by atoms with Gasteiger partial charge in [-0.05, 0) is 32.2 Å². The fourth-order valence-corrected chi connectivity index (χ4v) is 2.10. The molecule has 1 heteroatoms. The van der Waals surface area contributed by atoms with Crippen LogP contribution in [0.4, 0.5) is 0 Å². The molecular formula is C14H31N. The molecule has 1 N–H and O–H groups in total. The molecule has 0 aromatic rings. The van der Waals surface area contributed by atoms with Crippen LogP contribution in [-0.2, 0) is 0 Å². The molecule has 15 heavy (non-hydrogen) atoms. The second-order valence-electron chi connectivity index (χ2n) is 4.93. The third kappa shape index (κ3) is 8.92. The Morgan fingerprint density at radius 3 is 2.20 bits per heavy atom. The maximum atomic E-state index is 3.38. The summed E-state index contributed by atoms with van der Waals surface area (Å²) in [5, 5.41) is 3.38. The number of hydrogen-bond donors (Lipinski definition) is 1. The van der Waals surface area contributed by atoms with Crippen LogP contribution in [0.2, 0.25) is 0 Å². The zero-order valence-corrected chi connectivity index (χ0v) is 11.3. The molecule has 0 saturated heterocycles. The highest BCUT2D eigenvalue weighted by atomic mass is 14.9. The fraction of sp³-hybridized carbons (Fsp3) is 1.00. The van der Waals surface area contributed by atoms with Gasteiger partial charge in [0, 0.05) is 6.04 Å². The summed E-state index contributed by atoms with van der Waals surface area (Å²) < 4.78 is 0. The lowest BCUT2D eigenvalue weighted by atomic mass is 9.95. The standard InChI is InChI=1S/C14H31N/c1-5-7-8-9-10-13(3)11-12-14(6-2)15-4/h13-15H,5-12H2,1-4H3. The van der Waals surface area contributed by atoms with Crippen molar-refractivity contribution in [2.45, 2.75) is 78.2 Å². The van der Waals surface area contributed by atoms with E-state index in [0.29, 0.717) is 0 Å². The van der Waals surface area contributed by atoms with Crippen molar-refractivity contribution >= 4 is 0 Å². The first kappa shape index (κ1) is 15.0. The number of hydrogen-bond acceptors (Lipinski definition) is 1. The smallest absolute Gasteiger partial charge is 0.00615 e. The molecule has 0 spiro atoms. The fourth-order valence-electron chi connectivity index (χ4n) is 2.10. The van der Waals surface area contributed by atoms with Gasteiger partial charge in [0.05, 0.1) is 0 Å². The summed E-state index contributed by atoms with van der Waals surface area (Å²) in [6.07, 6.45) is 11.1. The van der Waals surface area contributed by atoms with Crippen molar-refractivity contribution in [3.63, 3.8) is 0 Å². The van der Waals surface area contributed by atoms with Crippen LogP contribution >= 0.6 is 0 Å². The van der Waals surface area contributed by atoms with Crippen molar-refractivity contribution in [2.24, 2.45) is 5.92 Å². The minimum Gasteiger partial charge on any atom is -0.317 e. The third-order valence-corrected chi connectivity index (χ3v) is 3.46. The van der Waals surface area contributed by atoms with Gasteiger partial charge in [-0.25, -0.2) is 0 Å². The maximum Gasteiger partial charge on any atom is 0.00615 e. The number of nitrogens with one attached hydrogen (secondary N) is 1. The molecule has 2 atom stereocenters. The first-order valence-corrected chi connectivity index (χ1v) is 6.91. The molecule has 0 heterocycles. The number of unbranched alkanes of at least 4 members (excludes halogenated alkanes) is 3. The van der Waals surface area contributed by atoms with Gasteiger partial charge in [-0.2, -0.15) is 0 Å². The van der Waals surface area contributed by atoms with Crippen LogP contribution in [0, 0.1) is 5.92 Å². The molecule has 0 radical (unpaired) electrons. The molecule has 0 aliphatic carbocycles. The second-order valence-corrected chi connectivity index (χ2v) is 4.93. The lowest BCUT2D eigenvalue weighted by Crippen LogP contribution is -2.24. The van der Waals surface area contributed by atoms with Crippen LogP contribution in [0.25, 0.3) is 0 Å². The SMILES string of the molecule is CCCCCCC(C)CCC(CC)NC. The summed E-state index contributed by atoms with van der Waals surface area (Å²) in [7, 11) is 2.08. The zero-order chi connectivity index (χ0) is 11.5. The largest absolute Gasteiger partial charge is 0.317 e. The Morgan fingerprint density at radius 1 is 0.933 bits per heavy atom. The maximum absolute atomic E-state index is 3.38. The van der Waals surface area contributed by atoms with E-state index in [1.165, 1.54) is 51.4 Å². The second kappa shape index (κ2) is 10.5. The van der Waals surface area contributed by atoms with Crippen molar-refractivity contribution in [1.29, 1.82) is 0 Å². The summed E-state index contributed by atoms with van der Waals surface area (Å²) in [6, 6.07) is 0.739. The molecular weight excluding hydrogens is 182 g/mol. The van der Waals surface area contributed by atoms with Crippen LogP contribution in [-0.4, -0.2) is 13.1 Å². The Labute approximate surface area is 97.0 Å². The predicted molar refractivity (Wildman–Crippen MR) is 70.3 cm³/mol. The van der Waals surface area contributed by atoms with Gasteiger partial charge in [-0.1, -0.05) is 52.9 Å². The first-order chi connectivity index (χ1) is 7.24. The molecule has 2 unspecified atom stereocenters. The molecule has 92 valence electrons. The molecule has 0 amide bonds. The van der Waals surface area contributed by atoms with Gasteiger partial charge in [0.15, 0.2) is 0 Å². The van der Waals surface area contributed by atoms with E-state index in [1.54, 1.807) is 0 Å². The third-order valence-electron chi connectivity index (χ3n) is 3.46. The van der Waals surface area contributed by atoms with E-state index in [1.807, 2.05) is 0 Å². The lowest BCUT2D eigenvalue weighted by molar-refractivity contribution is 0.398. The summed E-state index contributed by atoms with van der Waals surface area (Å²) in [4.78, 5) is 0. The van der Waals surface area contributed by atoms with Gasteiger partial charge < -0.3 is 5.32 Å². The first-order valence-electron chi connectivity index (χ1n) is 6.91. The highest BCUT2D eigenvalue weighted by Gasteiger charge is 2.06. The lowest BCUT2D eigenvalue weighted by Gasteiger charge is -2.17. The van der Waals surface area contributed by atoms with Crippen molar-refractivity contribution in [2.75, 3.05) is 7.05 Å². The van der Waals surface area contributed by atoms with Crippen molar-refractivity contribution < 1.29 is 0 Å². The summed E-state index contributed by atoms with van der Waals surface area (Å²) in [6.45, 7) is 6.96. The van der Waals surface area contributed by atoms with E-state index >= 15 is 0 Å². The molecule has 0 aliphatic heterocycles. The predicted octanol–water partition coefficient (Wildman–Crippen LogP) is 4.37. The summed E-state index contributed by atoms with van der Waals surface area (Å²) in [5.41, 5.74) is 0. The Balaban J connectivity index is 3.35. The van der Waals surface area contributed by atoms with E-state index in [2.05, 4.69) is 33.1 Å². The van der Waals surface area contributed by atoms with E-state index in [-0.39, 0.29) is 0 Å². The minimum absolute atomic E-state index is 0.739. The topological polar surface area (TPSA) is 12.0 Å². The molecule has 0 rings (SSSR count). The Hall–Kier alpha value is -0.0400. The number of rotatable bonds is 10. The van der Waals surface area contributed by atoms with Gasteiger partial charge in [-0.3, -0.25) is 0 Å². The van der Waals surface area contributed by atoms with Crippen molar-refractivity contribution in [1.82, 2.24) is 5.32 Å². The highest BCUT2D eigenvalue weighted by Crippen LogP contribution is 2.17. The molecule has 1 nitrogen and oxygen atoms in total. The normalized spacial score (nSPS) is 15.2. The molecule has 0 aromatic heterocycles.